The lowest BCUT2D eigenvalue weighted by molar-refractivity contribution is -0.147. The predicted molar refractivity (Wildman–Crippen MR) is 67.9 cm³/mol. The van der Waals surface area contributed by atoms with Gasteiger partial charge in [0.2, 0.25) is 5.82 Å². The number of hydrogen-bond acceptors (Lipinski definition) is 4. The zero-order valence-corrected chi connectivity index (χ0v) is 10.8. The minimum Gasteiger partial charge on any atom is -0.362 e. The summed E-state index contributed by atoms with van der Waals surface area (Å²) in [6.07, 6.45) is -3.77. The van der Waals surface area contributed by atoms with E-state index in [1.54, 1.807) is 24.3 Å². The van der Waals surface area contributed by atoms with E-state index in [0.29, 0.717) is 17.8 Å². The van der Waals surface area contributed by atoms with Crippen LogP contribution in [0.2, 0.25) is 0 Å². The average Bonchev–Trinajstić information content (AvgIpc) is 2.90. The number of para-hydroxylation sites is 1. The third-order valence-corrected chi connectivity index (χ3v) is 3.41. The van der Waals surface area contributed by atoms with Crippen molar-refractivity contribution in [2.24, 2.45) is 0 Å². The van der Waals surface area contributed by atoms with Crippen molar-refractivity contribution in [2.45, 2.75) is 19.3 Å². The van der Waals surface area contributed by atoms with Crippen molar-refractivity contribution in [2.75, 3.05) is 11.4 Å². The first-order valence-electron chi connectivity index (χ1n) is 6.29. The molecule has 0 saturated carbocycles. The molecule has 1 aliphatic rings. The number of alkyl halides is 3. The maximum atomic E-state index is 12.8. The van der Waals surface area contributed by atoms with Gasteiger partial charge in [-0.25, -0.2) is 0 Å². The second-order valence-corrected chi connectivity index (χ2v) is 4.69. The molecule has 0 N–H and O–H groups in total. The van der Waals surface area contributed by atoms with Crippen molar-refractivity contribution < 1.29 is 18.0 Å². The van der Waals surface area contributed by atoms with Gasteiger partial charge in [-0.2, -0.15) is 13.2 Å². The summed E-state index contributed by atoms with van der Waals surface area (Å²) >= 11 is 0. The van der Waals surface area contributed by atoms with E-state index in [2.05, 4.69) is 10.2 Å². The van der Waals surface area contributed by atoms with Gasteiger partial charge in [0.15, 0.2) is 12.1 Å². The van der Waals surface area contributed by atoms with Gasteiger partial charge >= 0.3 is 6.18 Å². The van der Waals surface area contributed by atoms with E-state index in [0.717, 1.165) is 10.9 Å². The van der Waals surface area contributed by atoms with Crippen molar-refractivity contribution >= 4 is 12.0 Å². The second-order valence-electron chi connectivity index (χ2n) is 4.69. The first-order valence-corrected chi connectivity index (χ1v) is 6.29. The highest BCUT2D eigenvalue weighted by Crippen LogP contribution is 2.30. The lowest BCUT2D eigenvalue weighted by Gasteiger charge is -2.30. The van der Waals surface area contributed by atoms with Gasteiger partial charge in [0, 0.05) is 24.3 Å². The van der Waals surface area contributed by atoms with Gasteiger partial charge in [0.1, 0.15) is 0 Å². The summed E-state index contributed by atoms with van der Waals surface area (Å²) in [7, 11) is 0. The van der Waals surface area contributed by atoms with E-state index in [9.17, 15) is 18.0 Å². The molecule has 3 rings (SSSR count). The molecule has 0 amide bonds. The summed E-state index contributed by atoms with van der Waals surface area (Å²) < 4.78 is 39.4. The fourth-order valence-electron chi connectivity index (χ4n) is 2.45. The number of rotatable bonds is 2. The van der Waals surface area contributed by atoms with Gasteiger partial charge in [-0.05, 0) is 12.1 Å². The molecule has 0 radical (unpaired) electrons. The molecule has 0 fully saturated rings. The number of benzene rings is 1. The number of fused-ring (bicyclic) bond motifs is 1. The van der Waals surface area contributed by atoms with E-state index in [1.807, 2.05) is 4.90 Å². The van der Waals surface area contributed by atoms with Crippen molar-refractivity contribution in [3.8, 4) is 0 Å². The van der Waals surface area contributed by atoms with Gasteiger partial charge < -0.3 is 9.47 Å². The van der Waals surface area contributed by atoms with Gasteiger partial charge in [-0.1, -0.05) is 12.1 Å². The summed E-state index contributed by atoms with van der Waals surface area (Å²) in [6, 6.07) is 6.95. The highest BCUT2D eigenvalue weighted by molar-refractivity contribution is 5.84. The van der Waals surface area contributed by atoms with Crippen LogP contribution in [0.5, 0.6) is 0 Å². The van der Waals surface area contributed by atoms with Gasteiger partial charge in [-0.15, -0.1) is 10.2 Å². The van der Waals surface area contributed by atoms with Crippen LogP contribution in [0.1, 0.15) is 22.0 Å². The van der Waals surface area contributed by atoms with Crippen LogP contribution >= 0.6 is 0 Å². The monoisotopic (exact) mass is 296 g/mol. The van der Waals surface area contributed by atoms with E-state index < -0.39 is 12.0 Å². The quantitative estimate of drug-likeness (QED) is 0.797. The standard InChI is InChI=1S/C13H11F3N4O/c14-13(15,16)12-18-17-11-7-19(5-6-20(11)12)10-4-2-1-3-9(10)8-21/h1-4,8H,5-7H2. The van der Waals surface area contributed by atoms with Crippen LogP contribution in [0.3, 0.4) is 0 Å². The van der Waals surface area contributed by atoms with Crippen molar-refractivity contribution in [3.05, 3.63) is 41.5 Å². The largest absolute Gasteiger partial charge is 0.451 e. The SMILES string of the molecule is O=Cc1ccccc1N1CCn2c(nnc2C(F)(F)F)C1. The normalized spacial score (nSPS) is 14.9. The Balaban J connectivity index is 1.92. The summed E-state index contributed by atoms with van der Waals surface area (Å²) in [5, 5.41) is 6.85. The third kappa shape index (κ3) is 2.37. The third-order valence-electron chi connectivity index (χ3n) is 3.41. The zero-order valence-electron chi connectivity index (χ0n) is 10.8. The zero-order chi connectivity index (χ0) is 15.0. The van der Waals surface area contributed by atoms with Crippen molar-refractivity contribution in [1.29, 1.82) is 0 Å². The van der Waals surface area contributed by atoms with E-state index in [1.165, 1.54) is 0 Å². The minimum absolute atomic E-state index is 0.129. The number of halogens is 3. The molecular formula is C13H11F3N4O. The summed E-state index contributed by atoms with van der Waals surface area (Å²) in [6.45, 7) is 0.678. The molecule has 110 valence electrons. The Morgan fingerprint density at radius 2 is 1.90 bits per heavy atom. The Labute approximate surface area is 118 Å². The maximum absolute atomic E-state index is 12.8. The average molecular weight is 296 g/mol. The topological polar surface area (TPSA) is 51.0 Å². The number of carbonyl (C=O) groups excluding carboxylic acids is 1. The molecule has 0 atom stereocenters. The molecule has 1 aromatic carbocycles. The van der Waals surface area contributed by atoms with Crippen LogP contribution < -0.4 is 4.90 Å². The van der Waals surface area contributed by atoms with Crippen LogP contribution in [0.4, 0.5) is 18.9 Å². The smallest absolute Gasteiger partial charge is 0.362 e. The fraction of sp³-hybridized carbons (Fsp3) is 0.308. The Kier molecular flexibility index (Phi) is 3.15. The highest BCUT2D eigenvalue weighted by atomic mass is 19.4. The lowest BCUT2D eigenvalue weighted by Crippen LogP contribution is -2.35. The molecule has 2 aromatic rings. The maximum Gasteiger partial charge on any atom is 0.451 e. The first kappa shape index (κ1) is 13.6. The van der Waals surface area contributed by atoms with Crippen LogP contribution in [-0.2, 0) is 19.3 Å². The number of carbonyl (C=O) groups is 1. The summed E-state index contributed by atoms with van der Waals surface area (Å²) in [5.74, 6) is -0.727. The number of hydrogen-bond donors (Lipinski definition) is 0. The van der Waals surface area contributed by atoms with Gasteiger partial charge in [0.05, 0.1) is 6.54 Å². The van der Waals surface area contributed by atoms with Crippen LogP contribution in [0.15, 0.2) is 24.3 Å². The molecule has 0 spiro atoms. The Hall–Kier alpha value is -2.38. The minimum atomic E-state index is -4.51. The van der Waals surface area contributed by atoms with Gasteiger partial charge in [0.25, 0.3) is 0 Å². The van der Waals surface area contributed by atoms with Crippen LogP contribution in [-0.4, -0.2) is 27.6 Å². The number of anilines is 1. The number of aromatic nitrogens is 3. The van der Waals surface area contributed by atoms with E-state index in [-0.39, 0.29) is 18.9 Å². The molecule has 5 nitrogen and oxygen atoms in total. The lowest BCUT2D eigenvalue weighted by atomic mass is 10.1. The van der Waals surface area contributed by atoms with Crippen molar-refractivity contribution in [1.82, 2.24) is 14.8 Å². The Morgan fingerprint density at radius 1 is 1.14 bits per heavy atom. The Bertz CT molecular complexity index is 680. The molecular weight excluding hydrogens is 285 g/mol. The Morgan fingerprint density at radius 3 is 2.62 bits per heavy atom. The van der Waals surface area contributed by atoms with Gasteiger partial charge in [-0.3, -0.25) is 4.79 Å². The molecule has 8 heteroatoms. The van der Waals surface area contributed by atoms with E-state index >= 15 is 0 Å². The summed E-state index contributed by atoms with van der Waals surface area (Å²) in [5.41, 5.74) is 1.19. The number of nitrogens with zero attached hydrogens (tertiary/aromatic N) is 4. The molecule has 0 unspecified atom stereocenters. The van der Waals surface area contributed by atoms with E-state index in [4.69, 9.17) is 0 Å². The molecule has 0 aliphatic carbocycles. The fourth-order valence-corrected chi connectivity index (χ4v) is 2.45. The van der Waals surface area contributed by atoms with Crippen LogP contribution in [0, 0.1) is 0 Å². The molecule has 0 saturated heterocycles. The molecule has 2 heterocycles. The second kappa shape index (κ2) is 4.87. The van der Waals surface area contributed by atoms with Crippen molar-refractivity contribution in [3.63, 3.8) is 0 Å². The van der Waals surface area contributed by atoms with Crippen LogP contribution in [0.25, 0.3) is 0 Å². The first-order chi connectivity index (χ1) is 10.0. The molecule has 1 aromatic heterocycles. The predicted octanol–water partition coefficient (Wildman–Crippen LogP) is 2.13. The summed E-state index contributed by atoms with van der Waals surface area (Å²) in [4.78, 5) is 12.9. The molecule has 21 heavy (non-hydrogen) atoms. The highest BCUT2D eigenvalue weighted by Gasteiger charge is 2.39. The number of aldehydes is 1. The molecule has 1 aliphatic heterocycles. The molecule has 0 bridgehead atoms.